The van der Waals surface area contributed by atoms with Crippen LogP contribution < -0.4 is 10.6 Å². The van der Waals surface area contributed by atoms with Gasteiger partial charge in [0.15, 0.2) is 0 Å². The number of rotatable bonds is 7. The summed E-state index contributed by atoms with van der Waals surface area (Å²) in [6.07, 6.45) is 2.44. The second-order valence-electron chi connectivity index (χ2n) is 4.18. The maximum atomic E-state index is 5.32. The van der Waals surface area contributed by atoms with Crippen molar-refractivity contribution in [2.75, 3.05) is 32.8 Å². The molecule has 3 heteroatoms. The molecule has 0 aromatic heterocycles. The molecule has 0 radical (unpaired) electrons. The standard InChI is InChI=1S/C11H24N2O/c1-3-13-10(2)4-6-12-8-11-5-7-14-9-11/h10-13H,3-9H2,1-2H3. The van der Waals surface area contributed by atoms with Crippen LogP contribution in [0.5, 0.6) is 0 Å². The molecule has 1 aliphatic heterocycles. The zero-order valence-corrected chi connectivity index (χ0v) is 9.51. The topological polar surface area (TPSA) is 33.3 Å². The Hall–Kier alpha value is -0.120. The molecule has 1 saturated heterocycles. The van der Waals surface area contributed by atoms with Gasteiger partial charge < -0.3 is 15.4 Å². The summed E-state index contributed by atoms with van der Waals surface area (Å²) in [5.41, 5.74) is 0. The van der Waals surface area contributed by atoms with E-state index in [1.807, 2.05) is 0 Å². The first-order valence-corrected chi connectivity index (χ1v) is 5.84. The van der Waals surface area contributed by atoms with E-state index in [1.54, 1.807) is 0 Å². The Kier molecular flexibility index (Phi) is 6.15. The lowest BCUT2D eigenvalue weighted by molar-refractivity contribution is 0.185. The summed E-state index contributed by atoms with van der Waals surface area (Å²) in [4.78, 5) is 0. The van der Waals surface area contributed by atoms with Crippen molar-refractivity contribution in [3.63, 3.8) is 0 Å². The van der Waals surface area contributed by atoms with Crippen LogP contribution in [0.15, 0.2) is 0 Å². The monoisotopic (exact) mass is 200 g/mol. The average Bonchev–Trinajstić information content (AvgIpc) is 2.65. The normalized spacial score (nSPS) is 24.0. The molecule has 3 nitrogen and oxygen atoms in total. The van der Waals surface area contributed by atoms with Gasteiger partial charge in [-0.2, -0.15) is 0 Å². The summed E-state index contributed by atoms with van der Waals surface area (Å²) >= 11 is 0. The minimum absolute atomic E-state index is 0.632. The van der Waals surface area contributed by atoms with Crippen LogP contribution in [0.25, 0.3) is 0 Å². The fraction of sp³-hybridized carbons (Fsp3) is 1.00. The van der Waals surface area contributed by atoms with Gasteiger partial charge in [-0.25, -0.2) is 0 Å². The third-order valence-electron chi connectivity index (χ3n) is 2.76. The minimum atomic E-state index is 0.632. The highest BCUT2D eigenvalue weighted by atomic mass is 16.5. The summed E-state index contributed by atoms with van der Waals surface area (Å²) in [7, 11) is 0. The Balaban J connectivity index is 1.88. The van der Waals surface area contributed by atoms with Gasteiger partial charge in [0, 0.05) is 19.2 Å². The molecule has 1 aliphatic rings. The minimum Gasteiger partial charge on any atom is -0.381 e. The van der Waals surface area contributed by atoms with E-state index in [1.165, 1.54) is 12.8 Å². The van der Waals surface area contributed by atoms with Gasteiger partial charge >= 0.3 is 0 Å². The zero-order chi connectivity index (χ0) is 10.2. The Morgan fingerprint density at radius 3 is 3.00 bits per heavy atom. The molecule has 2 atom stereocenters. The molecular formula is C11H24N2O. The van der Waals surface area contributed by atoms with E-state index < -0.39 is 0 Å². The molecule has 0 saturated carbocycles. The molecule has 0 aromatic rings. The summed E-state index contributed by atoms with van der Waals surface area (Å²) in [5, 5.41) is 6.91. The smallest absolute Gasteiger partial charge is 0.0507 e. The van der Waals surface area contributed by atoms with Gasteiger partial charge in [0.1, 0.15) is 0 Å². The highest BCUT2D eigenvalue weighted by Crippen LogP contribution is 2.10. The van der Waals surface area contributed by atoms with Crippen molar-refractivity contribution in [2.45, 2.75) is 32.7 Å². The number of hydrogen-bond acceptors (Lipinski definition) is 3. The second kappa shape index (κ2) is 7.21. The predicted molar refractivity (Wildman–Crippen MR) is 59.6 cm³/mol. The Bertz CT molecular complexity index is 135. The third kappa shape index (κ3) is 4.94. The van der Waals surface area contributed by atoms with Crippen molar-refractivity contribution in [3.8, 4) is 0 Å². The van der Waals surface area contributed by atoms with Crippen LogP contribution in [0.1, 0.15) is 26.7 Å². The van der Waals surface area contributed by atoms with Gasteiger partial charge in [-0.05, 0) is 38.8 Å². The van der Waals surface area contributed by atoms with Gasteiger partial charge in [-0.1, -0.05) is 6.92 Å². The lowest BCUT2D eigenvalue weighted by Gasteiger charge is -2.13. The van der Waals surface area contributed by atoms with Crippen LogP contribution in [-0.4, -0.2) is 38.9 Å². The summed E-state index contributed by atoms with van der Waals surface area (Å²) < 4.78 is 5.32. The van der Waals surface area contributed by atoms with Crippen molar-refractivity contribution in [1.82, 2.24) is 10.6 Å². The molecule has 14 heavy (non-hydrogen) atoms. The lowest BCUT2D eigenvalue weighted by Crippen LogP contribution is -2.31. The number of hydrogen-bond donors (Lipinski definition) is 2. The molecule has 2 N–H and O–H groups in total. The van der Waals surface area contributed by atoms with Crippen molar-refractivity contribution >= 4 is 0 Å². The quantitative estimate of drug-likeness (QED) is 0.602. The Morgan fingerprint density at radius 1 is 1.50 bits per heavy atom. The van der Waals surface area contributed by atoms with Gasteiger partial charge in [-0.15, -0.1) is 0 Å². The Morgan fingerprint density at radius 2 is 2.36 bits per heavy atom. The molecule has 0 bridgehead atoms. The first-order chi connectivity index (χ1) is 6.83. The lowest BCUT2D eigenvalue weighted by atomic mass is 10.1. The van der Waals surface area contributed by atoms with E-state index in [0.717, 1.165) is 38.8 Å². The fourth-order valence-corrected chi connectivity index (χ4v) is 1.82. The average molecular weight is 200 g/mol. The van der Waals surface area contributed by atoms with E-state index in [2.05, 4.69) is 24.5 Å². The van der Waals surface area contributed by atoms with E-state index in [0.29, 0.717) is 6.04 Å². The fourth-order valence-electron chi connectivity index (χ4n) is 1.82. The molecule has 0 aromatic carbocycles. The third-order valence-corrected chi connectivity index (χ3v) is 2.76. The van der Waals surface area contributed by atoms with Crippen molar-refractivity contribution < 1.29 is 4.74 Å². The van der Waals surface area contributed by atoms with Gasteiger partial charge in [-0.3, -0.25) is 0 Å². The highest BCUT2D eigenvalue weighted by molar-refractivity contribution is 4.68. The largest absolute Gasteiger partial charge is 0.381 e. The van der Waals surface area contributed by atoms with Gasteiger partial charge in [0.25, 0.3) is 0 Å². The summed E-state index contributed by atoms with van der Waals surface area (Å²) in [6.45, 7) is 9.61. The predicted octanol–water partition coefficient (Wildman–Crippen LogP) is 1.00. The SMILES string of the molecule is CCNC(C)CCNCC1CCOC1. The van der Waals surface area contributed by atoms with Crippen LogP contribution in [0, 0.1) is 5.92 Å². The first kappa shape index (κ1) is 12.0. The van der Waals surface area contributed by atoms with E-state index >= 15 is 0 Å². The molecule has 0 aliphatic carbocycles. The second-order valence-corrected chi connectivity index (χ2v) is 4.18. The molecule has 1 rings (SSSR count). The van der Waals surface area contributed by atoms with Crippen LogP contribution in [-0.2, 0) is 4.74 Å². The molecule has 1 fully saturated rings. The maximum absolute atomic E-state index is 5.32. The van der Waals surface area contributed by atoms with Gasteiger partial charge in [0.05, 0.1) is 6.61 Å². The molecule has 0 amide bonds. The molecule has 0 spiro atoms. The molecule has 2 unspecified atom stereocenters. The van der Waals surface area contributed by atoms with Gasteiger partial charge in [0.2, 0.25) is 0 Å². The molecule has 1 heterocycles. The summed E-state index contributed by atoms with van der Waals surface area (Å²) in [6, 6.07) is 0.632. The van der Waals surface area contributed by atoms with E-state index in [4.69, 9.17) is 4.74 Å². The summed E-state index contributed by atoms with van der Waals surface area (Å²) in [5.74, 6) is 0.754. The van der Waals surface area contributed by atoms with E-state index in [9.17, 15) is 0 Å². The maximum Gasteiger partial charge on any atom is 0.0507 e. The van der Waals surface area contributed by atoms with Crippen LogP contribution in [0.3, 0.4) is 0 Å². The van der Waals surface area contributed by atoms with Crippen molar-refractivity contribution in [1.29, 1.82) is 0 Å². The Labute approximate surface area is 87.6 Å². The zero-order valence-electron chi connectivity index (χ0n) is 9.51. The molecule has 84 valence electrons. The van der Waals surface area contributed by atoms with Crippen molar-refractivity contribution in [3.05, 3.63) is 0 Å². The highest BCUT2D eigenvalue weighted by Gasteiger charge is 2.14. The van der Waals surface area contributed by atoms with Crippen molar-refractivity contribution in [2.24, 2.45) is 5.92 Å². The van der Waals surface area contributed by atoms with Crippen LogP contribution >= 0.6 is 0 Å². The molecular weight excluding hydrogens is 176 g/mol. The van der Waals surface area contributed by atoms with Crippen LogP contribution in [0.2, 0.25) is 0 Å². The van der Waals surface area contributed by atoms with E-state index in [-0.39, 0.29) is 0 Å². The number of nitrogens with one attached hydrogen (secondary N) is 2. The number of ether oxygens (including phenoxy) is 1. The first-order valence-electron chi connectivity index (χ1n) is 5.84. The van der Waals surface area contributed by atoms with Crippen LogP contribution in [0.4, 0.5) is 0 Å².